The summed E-state index contributed by atoms with van der Waals surface area (Å²) < 4.78 is 31.7. The maximum Gasteiger partial charge on any atom is 0.269 e. The van der Waals surface area contributed by atoms with Crippen LogP contribution in [0.15, 0.2) is 78.2 Å². The van der Waals surface area contributed by atoms with Crippen molar-refractivity contribution >= 4 is 43.4 Å². The van der Waals surface area contributed by atoms with Crippen molar-refractivity contribution < 1.29 is 8.42 Å². The summed E-state index contributed by atoms with van der Waals surface area (Å²) >= 11 is 1.62. The lowest BCUT2D eigenvalue weighted by Crippen LogP contribution is -2.12. The first kappa shape index (κ1) is 22.2. The van der Waals surface area contributed by atoms with Gasteiger partial charge in [-0.1, -0.05) is 18.2 Å². The molecule has 0 saturated carbocycles. The maximum absolute atomic E-state index is 13.4. The SMILES string of the molecule is Cc1ccc(-c2nc3cnc4c(ccn4S(=O)(=O)c4ccccc4)c3n2-c2cnn(CCC#N)c2)s1. The minimum Gasteiger partial charge on any atom is -0.288 e. The highest BCUT2D eigenvalue weighted by molar-refractivity contribution is 7.90. The van der Waals surface area contributed by atoms with Crippen molar-refractivity contribution in [3.8, 4) is 22.5 Å². The highest BCUT2D eigenvalue weighted by Crippen LogP contribution is 2.36. The van der Waals surface area contributed by atoms with E-state index in [4.69, 9.17) is 10.2 Å². The van der Waals surface area contributed by atoms with E-state index >= 15 is 0 Å². The first-order valence-corrected chi connectivity index (χ1v) is 13.4. The zero-order valence-electron chi connectivity index (χ0n) is 19.1. The monoisotopic (exact) mass is 513 g/mol. The van der Waals surface area contributed by atoms with Crippen LogP contribution in [0.3, 0.4) is 0 Å². The fraction of sp³-hybridized carbons (Fsp3) is 0.120. The summed E-state index contributed by atoms with van der Waals surface area (Å²) in [6.07, 6.45) is 7.08. The molecule has 11 heteroatoms. The van der Waals surface area contributed by atoms with Crippen LogP contribution in [0.1, 0.15) is 11.3 Å². The Morgan fingerprint density at radius 2 is 1.92 bits per heavy atom. The number of pyridine rings is 1. The van der Waals surface area contributed by atoms with E-state index in [1.165, 1.54) is 10.2 Å². The summed E-state index contributed by atoms with van der Waals surface area (Å²) in [7, 11) is -3.84. The first-order valence-electron chi connectivity index (χ1n) is 11.1. The van der Waals surface area contributed by atoms with Gasteiger partial charge in [-0.15, -0.1) is 11.3 Å². The van der Waals surface area contributed by atoms with Crippen molar-refractivity contribution in [1.29, 1.82) is 5.26 Å². The Bertz CT molecular complexity index is 1890. The molecule has 0 N–H and O–H groups in total. The van der Waals surface area contributed by atoms with Gasteiger partial charge in [0, 0.05) is 22.7 Å². The Labute approximate surface area is 210 Å². The van der Waals surface area contributed by atoms with Crippen molar-refractivity contribution in [2.45, 2.75) is 24.8 Å². The number of fused-ring (bicyclic) bond motifs is 3. The van der Waals surface area contributed by atoms with Crippen LogP contribution < -0.4 is 0 Å². The Hall–Kier alpha value is -4.27. The lowest BCUT2D eigenvalue weighted by molar-refractivity contribution is 0.589. The molecule has 0 fully saturated rings. The van der Waals surface area contributed by atoms with Crippen LogP contribution in [0.2, 0.25) is 0 Å². The largest absolute Gasteiger partial charge is 0.288 e. The summed E-state index contributed by atoms with van der Waals surface area (Å²) in [6.45, 7) is 2.51. The van der Waals surface area contributed by atoms with Gasteiger partial charge in [0.2, 0.25) is 0 Å². The van der Waals surface area contributed by atoms with Crippen molar-refractivity contribution in [2.75, 3.05) is 0 Å². The zero-order chi connectivity index (χ0) is 24.9. The quantitative estimate of drug-likeness (QED) is 0.317. The van der Waals surface area contributed by atoms with Gasteiger partial charge in [-0.2, -0.15) is 10.4 Å². The normalized spacial score (nSPS) is 11.9. The number of aryl methyl sites for hydroxylation is 2. The Morgan fingerprint density at radius 3 is 2.67 bits per heavy atom. The molecule has 0 bridgehead atoms. The molecular formula is C25H19N7O2S2. The average molecular weight is 514 g/mol. The highest BCUT2D eigenvalue weighted by Gasteiger charge is 2.24. The van der Waals surface area contributed by atoms with Gasteiger partial charge in [-0.25, -0.2) is 22.4 Å². The van der Waals surface area contributed by atoms with E-state index in [1.807, 2.05) is 29.8 Å². The topological polar surface area (TPSA) is 111 Å². The third-order valence-corrected chi connectivity index (χ3v) is 8.56. The molecule has 6 rings (SSSR count). The number of aromatic nitrogens is 6. The van der Waals surface area contributed by atoms with Gasteiger partial charge in [-0.3, -0.25) is 9.25 Å². The highest BCUT2D eigenvalue weighted by atomic mass is 32.2. The summed E-state index contributed by atoms with van der Waals surface area (Å²) in [5.74, 6) is 0.718. The molecule has 0 atom stereocenters. The molecule has 0 unspecified atom stereocenters. The van der Waals surface area contributed by atoms with Gasteiger partial charge in [0.25, 0.3) is 10.0 Å². The van der Waals surface area contributed by atoms with Crippen molar-refractivity contribution in [2.24, 2.45) is 0 Å². The number of rotatable bonds is 6. The minimum absolute atomic E-state index is 0.187. The zero-order valence-corrected chi connectivity index (χ0v) is 20.7. The Balaban J connectivity index is 1.62. The van der Waals surface area contributed by atoms with E-state index in [1.54, 1.807) is 64.8 Å². The predicted octanol–water partition coefficient (Wildman–Crippen LogP) is 4.76. The number of nitriles is 1. The van der Waals surface area contributed by atoms with Crippen LogP contribution >= 0.6 is 11.3 Å². The smallest absolute Gasteiger partial charge is 0.269 e. The van der Waals surface area contributed by atoms with Crippen LogP contribution in [0.5, 0.6) is 0 Å². The van der Waals surface area contributed by atoms with Gasteiger partial charge < -0.3 is 0 Å². The van der Waals surface area contributed by atoms with Gasteiger partial charge >= 0.3 is 0 Å². The standard InChI is InChI=1S/C25H19N7O2S2/c1-17-8-9-22(35-17)25-29-21-15-27-24-20(10-13-31(24)36(33,34)19-6-3-2-4-7-19)23(21)32(25)18-14-28-30(16-18)12-5-11-26/h2-4,6-10,13-16H,5,12H2,1H3. The maximum atomic E-state index is 13.4. The molecule has 1 aromatic carbocycles. The summed E-state index contributed by atoms with van der Waals surface area (Å²) in [6, 6.07) is 16.2. The first-order chi connectivity index (χ1) is 17.5. The second-order valence-corrected chi connectivity index (χ2v) is 11.3. The second kappa shape index (κ2) is 8.44. The van der Waals surface area contributed by atoms with Crippen LogP contribution in [0.4, 0.5) is 0 Å². The molecule has 0 radical (unpaired) electrons. The van der Waals surface area contributed by atoms with Crippen LogP contribution in [0, 0.1) is 18.3 Å². The van der Waals surface area contributed by atoms with Gasteiger partial charge in [0.05, 0.1) is 52.4 Å². The number of thiophene rings is 1. The number of imidazole rings is 1. The molecule has 0 saturated heterocycles. The van der Waals surface area contributed by atoms with E-state index in [0.29, 0.717) is 29.5 Å². The number of hydrogen-bond acceptors (Lipinski definition) is 7. The Morgan fingerprint density at radius 1 is 1.08 bits per heavy atom. The summed E-state index contributed by atoms with van der Waals surface area (Å²) in [5.41, 5.74) is 2.46. The molecule has 0 aliphatic carbocycles. The molecule has 9 nitrogen and oxygen atoms in total. The van der Waals surface area contributed by atoms with E-state index < -0.39 is 10.0 Å². The van der Waals surface area contributed by atoms with Crippen LogP contribution in [-0.2, 0) is 16.6 Å². The summed E-state index contributed by atoms with van der Waals surface area (Å²) in [5, 5.41) is 14.0. The molecule has 5 heterocycles. The number of hydrogen-bond donors (Lipinski definition) is 0. The van der Waals surface area contributed by atoms with Gasteiger partial charge in [0.1, 0.15) is 5.52 Å². The van der Waals surface area contributed by atoms with E-state index in [9.17, 15) is 8.42 Å². The lowest BCUT2D eigenvalue weighted by Gasteiger charge is -2.08. The van der Waals surface area contributed by atoms with Gasteiger partial charge in [0.15, 0.2) is 11.5 Å². The fourth-order valence-electron chi connectivity index (χ4n) is 4.25. The Kier molecular flexibility index (Phi) is 5.21. The molecule has 5 aromatic heterocycles. The van der Waals surface area contributed by atoms with Crippen molar-refractivity contribution in [3.05, 3.63) is 78.2 Å². The van der Waals surface area contributed by atoms with Crippen molar-refractivity contribution in [3.63, 3.8) is 0 Å². The van der Waals surface area contributed by atoms with E-state index in [2.05, 4.69) is 16.2 Å². The third-order valence-electron chi connectivity index (χ3n) is 5.89. The molecule has 36 heavy (non-hydrogen) atoms. The third kappa shape index (κ3) is 3.50. The molecule has 6 aromatic rings. The predicted molar refractivity (Wildman–Crippen MR) is 137 cm³/mol. The molecule has 0 aliphatic rings. The molecule has 0 aliphatic heterocycles. The molecule has 0 amide bonds. The number of benzene rings is 1. The number of nitrogens with zero attached hydrogens (tertiary/aromatic N) is 7. The van der Waals surface area contributed by atoms with E-state index in [-0.39, 0.29) is 4.90 Å². The van der Waals surface area contributed by atoms with Crippen molar-refractivity contribution in [1.82, 2.24) is 28.3 Å². The van der Waals surface area contributed by atoms with E-state index in [0.717, 1.165) is 26.8 Å². The van der Waals surface area contributed by atoms with Gasteiger partial charge in [-0.05, 0) is 37.3 Å². The minimum atomic E-state index is -3.84. The lowest BCUT2D eigenvalue weighted by atomic mass is 10.3. The van der Waals surface area contributed by atoms with Crippen LogP contribution in [0.25, 0.3) is 38.5 Å². The fourth-order valence-corrected chi connectivity index (χ4v) is 6.42. The molecule has 0 spiro atoms. The second-order valence-electron chi connectivity index (χ2n) is 8.21. The molecule has 178 valence electrons. The average Bonchev–Trinajstić information content (AvgIpc) is 3.67. The van der Waals surface area contributed by atoms with Crippen LogP contribution in [-0.4, -0.2) is 36.7 Å². The summed E-state index contributed by atoms with van der Waals surface area (Å²) in [4.78, 5) is 11.7. The molecular weight excluding hydrogens is 494 g/mol.